The van der Waals surface area contributed by atoms with Crippen molar-refractivity contribution < 1.29 is 9.53 Å². The van der Waals surface area contributed by atoms with E-state index in [1.165, 1.54) is 19.4 Å². The summed E-state index contributed by atoms with van der Waals surface area (Å²) in [5.41, 5.74) is 2.20. The van der Waals surface area contributed by atoms with Crippen LogP contribution in [0.2, 0.25) is 0 Å². The first-order chi connectivity index (χ1) is 11.1. The number of carbonyl (C=O) groups is 1. The van der Waals surface area contributed by atoms with E-state index >= 15 is 0 Å². The highest BCUT2D eigenvalue weighted by molar-refractivity contribution is 5.97. The molecule has 1 saturated heterocycles. The predicted octanol–water partition coefficient (Wildman–Crippen LogP) is 2.06. The van der Waals surface area contributed by atoms with Gasteiger partial charge in [-0.05, 0) is 30.9 Å². The fourth-order valence-electron chi connectivity index (χ4n) is 3.06. The molecule has 1 unspecified atom stereocenters. The van der Waals surface area contributed by atoms with Gasteiger partial charge in [0, 0.05) is 31.2 Å². The maximum atomic E-state index is 12.9. The SMILES string of the molecule is COc1cc(=O)[nH]cc1C(=O)N1CCCC1c1cncc(C)c1. The number of rotatable bonds is 3. The van der Waals surface area contributed by atoms with Gasteiger partial charge >= 0.3 is 0 Å². The molecule has 0 bridgehead atoms. The summed E-state index contributed by atoms with van der Waals surface area (Å²) in [4.78, 5) is 32.9. The van der Waals surface area contributed by atoms with Crippen molar-refractivity contribution in [2.45, 2.75) is 25.8 Å². The third-order valence-corrected chi connectivity index (χ3v) is 4.13. The summed E-state index contributed by atoms with van der Waals surface area (Å²) in [5, 5.41) is 0. The van der Waals surface area contributed by atoms with Crippen LogP contribution in [0.4, 0.5) is 0 Å². The molecule has 0 aromatic carbocycles. The normalized spacial score (nSPS) is 17.3. The topological polar surface area (TPSA) is 75.3 Å². The van der Waals surface area contributed by atoms with Crippen molar-refractivity contribution in [3.8, 4) is 5.75 Å². The monoisotopic (exact) mass is 313 g/mol. The van der Waals surface area contributed by atoms with Gasteiger partial charge in [-0.3, -0.25) is 14.6 Å². The van der Waals surface area contributed by atoms with Crippen molar-refractivity contribution in [1.29, 1.82) is 0 Å². The number of carbonyl (C=O) groups excluding carboxylic acids is 1. The van der Waals surface area contributed by atoms with E-state index in [0.717, 1.165) is 24.0 Å². The van der Waals surface area contributed by atoms with Crippen LogP contribution in [0.5, 0.6) is 5.75 Å². The molecular weight excluding hydrogens is 294 g/mol. The second kappa shape index (κ2) is 6.24. The number of hydrogen-bond acceptors (Lipinski definition) is 4. The minimum absolute atomic E-state index is 0.00605. The molecule has 2 aromatic rings. The molecule has 1 aliphatic heterocycles. The molecule has 23 heavy (non-hydrogen) atoms. The maximum Gasteiger partial charge on any atom is 0.259 e. The standard InChI is InChI=1S/C17H19N3O3/c1-11-6-12(9-18-8-11)14-4-3-5-20(14)17(22)13-10-19-16(21)7-15(13)23-2/h6-10,14H,3-5H2,1-2H3,(H,19,21). The smallest absolute Gasteiger partial charge is 0.259 e. The van der Waals surface area contributed by atoms with Gasteiger partial charge in [-0.25, -0.2) is 0 Å². The number of aromatic nitrogens is 2. The molecule has 1 N–H and O–H groups in total. The van der Waals surface area contributed by atoms with Crippen LogP contribution in [0.3, 0.4) is 0 Å². The molecule has 6 heteroatoms. The van der Waals surface area contributed by atoms with Crippen LogP contribution in [0.1, 0.15) is 40.4 Å². The van der Waals surface area contributed by atoms with Gasteiger partial charge < -0.3 is 14.6 Å². The lowest BCUT2D eigenvalue weighted by atomic mass is 10.0. The molecule has 1 aliphatic rings. The summed E-state index contributed by atoms with van der Waals surface area (Å²) >= 11 is 0. The molecule has 0 radical (unpaired) electrons. The van der Waals surface area contributed by atoms with Crippen LogP contribution in [-0.4, -0.2) is 34.4 Å². The zero-order valence-electron chi connectivity index (χ0n) is 13.2. The molecule has 120 valence electrons. The summed E-state index contributed by atoms with van der Waals surface area (Å²) < 4.78 is 5.19. The Morgan fingerprint density at radius 3 is 2.96 bits per heavy atom. The van der Waals surface area contributed by atoms with Crippen molar-refractivity contribution in [2.75, 3.05) is 13.7 Å². The number of aryl methyl sites for hydroxylation is 1. The Bertz CT molecular complexity index is 785. The quantitative estimate of drug-likeness (QED) is 0.941. The Balaban J connectivity index is 1.94. The van der Waals surface area contributed by atoms with Crippen LogP contribution >= 0.6 is 0 Å². The molecule has 0 saturated carbocycles. The number of aromatic amines is 1. The number of nitrogens with one attached hydrogen (secondary N) is 1. The van der Waals surface area contributed by atoms with Crippen molar-refractivity contribution >= 4 is 5.91 Å². The summed E-state index contributed by atoms with van der Waals surface area (Å²) in [6.07, 6.45) is 6.88. The lowest BCUT2D eigenvalue weighted by molar-refractivity contribution is 0.0731. The number of H-pyrrole nitrogens is 1. The van der Waals surface area contributed by atoms with E-state index in [4.69, 9.17) is 4.74 Å². The number of nitrogens with zero attached hydrogens (tertiary/aromatic N) is 2. The summed E-state index contributed by atoms with van der Waals surface area (Å²) in [6, 6.07) is 3.37. The Labute approximate surface area is 134 Å². The Hall–Kier alpha value is -2.63. The van der Waals surface area contributed by atoms with E-state index < -0.39 is 0 Å². The molecule has 0 spiro atoms. The average molecular weight is 313 g/mol. The highest BCUT2D eigenvalue weighted by atomic mass is 16.5. The molecule has 1 amide bonds. The van der Waals surface area contributed by atoms with Gasteiger partial charge in [0.2, 0.25) is 0 Å². The predicted molar refractivity (Wildman–Crippen MR) is 85.6 cm³/mol. The first-order valence-electron chi connectivity index (χ1n) is 7.59. The molecule has 0 aliphatic carbocycles. The van der Waals surface area contributed by atoms with Gasteiger partial charge in [-0.1, -0.05) is 6.07 Å². The second-order valence-electron chi connectivity index (χ2n) is 5.73. The second-order valence-corrected chi connectivity index (χ2v) is 5.73. The Morgan fingerprint density at radius 1 is 1.39 bits per heavy atom. The minimum Gasteiger partial charge on any atom is -0.496 e. The van der Waals surface area contributed by atoms with Crippen LogP contribution in [-0.2, 0) is 0 Å². The van der Waals surface area contributed by atoms with Gasteiger partial charge in [0.1, 0.15) is 5.75 Å². The van der Waals surface area contributed by atoms with Gasteiger partial charge in [0.05, 0.1) is 18.7 Å². The van der Waals surface area contributed by atoms with Crippen molar-refractivity contribution in [3.05, 3.63) is 57.8 Å². The zero-order valence-corrected chi connectivity index (χ0v) is 13.2. The number of amides is 1. The van der Waals surface area contributed by atoms with Gasteiger partial charge in [-0.15, -0.1) is 0 Å². The van der Waals surface area contributed by atoms with Crippen LogP contribution in [0, 0.1) is 6.92 Å². The van der Waals surface area contributed by atoms with E-state index in [2.05, 4.69) is 16.0 Å². The summed E-state index contributed by atoms with van der Waals surface area (Å²) in [6.45, 7) is 2.67. The number of likely N-dealkylation sites (tertiary alicyclic amines) is 1. The molecule has 3 rings (SSSR count). The molecule has 1 atom stereocenters. The third kappa shape index (κ3) is 2.97. The molecule has 3 heterocycles. The fraction of sp³-hybridized carbons (Fsp3) is 0.353. The Morgan fingerprint density at radius 2 is 2.22 bits per heavy atom. The third-order valence-electron chi connectivity index (χ3n) is 4.13. The van der Waals surface area contributed by atoms with Crippen molar-refractivity contribution in [3.63, 3.8) is 0 Å². The maximum absolute atomic E-state index is 12.9. The molecule has 2 aromatic heterocycles. The lowest BCUT2D eigenvalue weighted by Gasteiger charge is -2.25. The van der Waals surface area contributed by atoms with Crippen LogP contribution in [0.15, 0.2) is 35.5 Å². The fourth-order valence-corrected chi connectivity index (χ4v) is 3.06. The van der Waals surface area contributed by atoms with Crippen molar-refractivity contribution in [2.24, 2.45) is 0 Å². The van der Waals surface area contributed by atoms with E-state index in [0.29, 0.717) is 17.9 Å². The van der Waals surface area contributed by atoms with Gasteiger partial charge in [0.15, 0.2) is 0 Å². The zero-order chi connectivity index (χ0) is 16.4. The number of hydrogen-bond donors (Lipinski definition) is 1. The molecular formula is C17H19N3O3. The van der Waals surface area contributed by atoms with Crippen LogP contribution < -0.4 is 10.3 Å². The largest absolute Gasteiger partial charge is 0.496 e. The van der Waals surface area contributed by atoms with Crippen molar-refractivity contribution in [1.82, 2.24) is 14.9 Å². The highest BCUT2D eigenvalue weighted by Crippen LogP contribution is 2.34. The van der Waals surface area contributed by atoms with E-state index in [1.807, 2.05) is 18.0 Å². The van der Waals surface area contributed by atoms with E-state index in [-0.39, 0.29) is 17.5 Å². The van der Waals surface area contributed by atoms with Gasteiger partial charge in [-0.2, -0.15) is 0 Å². The summed E-state index contributed by atoms with van der Waals surface area (Å²) in [7, 11) is 1.46. The number of pyridine rings is 2. The minimum atomic E-state index is -0.292. The highest BCUT2D eigenvalue weighted by Gasteiger charge is 2.32. The Kier molecular flexibility index (Phi) is 4.14. The van der Waals surface area contributed by atoms with E-state index in [1.54, 1.807) is 6.20 Å². The number of methoxy groups -OCH3 is 1. The molecule has 1 fully saturated rings. The van der Waals surface area contributed by atoms with E-state index in [9.17, 15) is 9.59 Å². The summed E-state index contributed by atoms with van der Waals surface area (Å²) in [5.74, 6) is 0.161. The lowest BCUT2D eigenvalue weighted by Crippen LogP contribution is -2.31. The first kappa shape index (κ1) is 15.3. The first-order valence-corrected chi connectivity index (χ1v) is 7.59. The average Bonchev–Trinajstić information content (AvgIpc) is 3.03. The van der Waals surface area contributed by atoms with Gasteiger partial charge in [0.25, 0.3) is 11.5 Å². The van der Waals surface area contributed by atoms with Crippen LogP contribution in [0.25, 0.3) is 0 Å². The molecule has 6 nitrogen and oxygen atoms in total. The number of ether oxygens (including phenoxy) is 1.